The fraction of sp³-hybridized carbons (Fsp3) is 0.0556. The van der Waals surface area contributed by atoms with Crippen molar-refractivity contribution in [3.63, 3.8) is 0 Å². The van der Waals surface area contributed by atoms with Crippen LogP contribution < -0.4 is 0 Å². The number of carbonyl (C=O) groups is 3. The number of hydrogen-bond donors (Lipinski definition) is 1. The summed E-state index contributed by atoms with van der Waals surface area (Å²) in [4.78, 5) is 36.2. The molecule has 0 unspecified atom stereocenters. The number of amides is 2. The molecule has 0 saturated carbocycles. The molecule has 0 spiro atoms. The van der Waals surface area contributed by atoms with Crippen LogP contribution in [0.5, 0.6) is 0 Å². The summed E-state index contributed by atoms with van der Waals surface area (Å²) < 4.78 is 5.67. The Morgan fingerprint density at radius 3 is 2.56 bits per heavy atom. The van der Waals surface area contributed by atoms with Gasteiger partial charge in [-0.3, -0.25) is 14.5 Å². The van der Waals surface area contributed by atoms with Crippen molar-refractivity contribution in [1.29, 1.82) is 0 Å². The summed E-state index contributed by atoms with van der Waals surface area (Å²) in [6.45, 7) is 3.69. The van der Waals surface area contributed by atoms with E-state index < -0.39 is 5.97 Å². The second-order valence-corrected chi connectivity index (χ2v) is 6.16. The monoisotopic (exact) mass is 355 g/mol. The normalized spacial score (nSPS) is 15.8. The average molecular weight is 355 g/mol. The summed E-state index contributed by atoms with van der Waals surface area (Å²) in [7, 11) is 0. The Balaban J connectivity index is 1.82. The highest BCUT2D eigenvalue weighted by Crippen LogP contribution is 2.33. The third-order valence-electron chi connectivity index (χ3n) is 3.50. The smallest absolute Gasteiger partial charge is 0.335 e. The van der Waals surface area contributed by atoms with Crippen LogP contribution in [0.1, 0.15) is 16.1 Å². The van der Waals surface area contributed by atoms with E-state index in [1.54, 1.807) is 24.3 Å². The van der Waals surface area contributed by atoms with Crippen LogP contribution in [0.15, 0.2) is 58.4 Å². The first-order valence-corrected chi connectivity index (χ1v) is 8.11. The van der Waals surface area contributed by atoms with E-state index in [1.807, 2.05) is 0 Å². The van der Waals surface area contributed by atoms with Crippen molar-refractivity contribution in [2.45, 2.75) is 0 Å². The molecule has 1 N–H and O–H groups in total. The Hall–Kier alpha value is -3.06. The molecule has 1 aromatic heterocycles. The fourth-order valence-electron chi connectivity index (χ4n) is 2.28. The van der Waals surface area contributed by atoms with E-state index in [0.29, 0.717) is 17.1 Å². The number of carboxylic acids is 1. The maximum atomic E-state index is 12.2. The molecular weight excluding hydrogens is 342 g/mol. The number of carbonyl (C=O) groups excluding carboxylic acids is 2. The molecule has 2 heterocycles. The van der Waals surface area contributed by atoms with Gasteiger partial charge in [0.15, 0.2) is 0 Å². The predicted molar refractivity (Wildman–Crippen MR) is 94.0 cm³/mol. The molecule has 1 fully saturated rings. The second-order valence-electron chi connectivity index (χ2n) is 5.17. The van der Waals surface area contributed by atoms with Crippen LogP contribution in [0.2, 0.25) is 0 Å². The zero-order chi connectivity index (χ0) is 18.0. The summed E-state index contributed by atoms with van der Waals surface area (Å²) in [6.07, 6.45) is 3.01. The average Bonchev–Trinajstić information content (AvgIpc) is 3.16. The van der Waals surface area contributed by atoms with E-state index in [0.717, 1.165) is 16.7 Å². The summed E-state index contributed by atoms with van der Waals surface area (Å²) in [5.41, 5.74) is 0.899. The molecule has 25 heavy (non-hydrogen) atoms. The van der Waals surface area contributed by atoms with Crippen LogP contribution in [-0.4, -0.2) is 33.7 Å². The van der Waals surface area contributed by atoms with E-state index in [4.69, 9.17) is 9.52 Å². The first-order valence-electron chi connectivity index (χ1n) is 7.29. The molecule has 2 amide bonds. The first kappa shape index (κ1) is 16.8. The van der Waals surface area contributed by atoms with Gasteiger partial charge in [0.2, 0.25) is 0 Å². The Kier molecular flexibility index (Phi) is 4.58. The standard InChI is InChI=1S/C18H13NO5S/c1-2-9-19-16(20)15(25-18(19)23)10-13-7-8-14(24-13)11-3-5-12(6-4-11)17(21)22/h2-8,10H,1,9H2,(H,21,22)/b15-10-. The molecule has 1 saturated heterocycles. The Morgan fingerprint density at radius 2 is 1.92 bits per heavy atom. The lowest BCUT2D eigenvalue weighted by molar-refractivity contribution is -0.122. The Bertz CT molecular complexity index is 894. The quantitative estimate of drug-likeness (QED) is 0.647. The van der Waals surface area contributed by atoms with Gasteiger partial charge < -0.3 is 9.52 Å². The van der Waals surface area contributed by atoms with Gasteiger partial charge in [-0.2, -0.15) is 0 Å². The van der Waals surface area contributed by atoms with Gasteiger partial charge in [-0.25, -0.2) is 4.79 Å². The van der Waals surface area contributed by atoms with Gasteiger partial charge in [0.1, 0.15) is 11.5 Å². The number of furan rings is 1. The van der Waals surface area contributed by atoms with Crippen LogP contribution in [0.4, 0.5) is 4.79 Å². The summed E-state index contributed by atoms with van der Waals surface area (Å²) in [6, 6.07) is 9.66. The second kappa shape index (κ2) is 6.82. The van der Waals surface area contributed by atoms with E-state index in [1.165, 1.54) is 24.3 Å². The molecule has 0 aliphatic carbocycles. The third-order valence-corrected chi connectivity index (χ3v) is 4.41. The largest absolute Gasteiger partial charge is 0.478 e. The van der Waals surface area contributed by atoms with Crippen LogP contribution in [0, 0.1) is 0 Å². The van der Waals surface area contributed by atoms with E-state index >= 15 is 0 Å². The fourth-order valence-corrected chi connectivity index (χ4v) is 3.11. The van der Waals surface area contributed by atoms with Crippen LogP contribution in [-0.2, 0) is 4.79 Å². The molecule has 3 rings (SSSR count). The van der Waals surface area contributed by atoms with Gasteiger partial charge in [0.25, 0.3) is 11.1 Å². The minimum Gasteiger partial charge on any atom is -0.478 e. The van der Waals surface area contributed by atoms with Crippen molar-refractivity contribution in [3.8, 4) is 11.3 Å². The summed E-state index contributed by atoms with van der Waals surface area (Å²) in [5.74, 6) is -0.407. The summed E-state index contributed by atoms with van der Waals surface area (Å²) >= 11 is 0.852. The first-order chi connectivity index (χ1) is 12.0. The van der Waals surface area contributed by atoms with Crippen molar-refractivity contribution < 1.29 is 23.9 Å². The zero-order valence-corrected chi connectivity index (χ0v) is 13.8. The lowest BCUT2D eigenvalue weighted by Gasteiger charge is -2.07. The van der Waals surface area contributed by atoms with Crippen molar-refractivity contribution >= 4 is 35.0 Å². The molecule has 1 aliphatic rings. The molecule has 1 aromatic carbocycles. The number of thioether (sulfide) groups is 1. The molecule has 7 heteroatoms. The molecule has 0 radical (unpaired) electrons. The predicted octanol–water partition coefficient (Wildman–Crippen LogP) is 3.87. The maximum absolute atomic E-state index is 12.2. The van der Waals surface area contributed by atoms with Gasteiger partial charge in [-0.05, 0) is 36.0 Å². The minimum absolute atomic E-state index is 0.168. The van der Waals surface area contributed by atoms with Crippen molar-refractivity contribution in [3.05, 3.63) is 65.3 Å². The van der Waals surface area contributed by atoms with Gasteiger partial charge in [-0.1, -0.05) is 18.2 Å². The topological polar surface area (TPSA) is 87.8 Å². The number of nitrogens with zero attached hydrogens (tertiary/aromatic N) is 1. The molecule has 126 valence electrons. The highest BCUT2D eigenvalue weighted by Gasteiger charge is 2.34. The van der Waals surface area contributed by atoms with Gasteiger partial charge in [-0.15, -0.1) is 6.58 Å². The Labute approximate surface area is 147 Å². The van der Waals surface area contributed by atoms with E-state index in [2.05, 4.69) is 6.58 Å². The SMILES string of the molecule is C=CCN1C(=O)S/C(=C\c2ccc(-c3ccc(C(=O)O)cc3)o2)C1=O. The lowest BCUT2D eigenvalue weighted by Crippen LogP contribution is -2.27. The number of aromatic carboxylic acids is 1. The number of hydrogen-bond acceptors (Lipinski definition) is 5. The molecule has 2 aromatic rings. The van der Waals surface area contributed by atoms with Crippen LogP contribution >= 0.6 is 11.8 Å². The number of imide groups is 1. The van der Waals surface area contributed by atoms with Crippen LogP contribution in [0.25, 0.3) is 17.4 Å². The van der Waals surface area contributed by atoms with Crippen molar-refractivity contribution in [1.82, 2.24) is 4.90 Å². The molecule has 1 aliphatic heterocycles. The van der Waals surface area contributed by atoms with Gasteiger partial charge >= 0.3 is 5.97 Å². The maximum Gasteiger partial charge on any atom is 0.335 e. The van der Waals surface area contributed by atoms with Gasteiger partial charge in [0.05, 0.1) is 10.5 Å². The molecule has 0 bridgehead atoms. The summed E-state index contributed by atoms with van der Waals surface area (Å²) in [5, 5.41) is 8.57. The number of benzene rings is 1. The number of rotatable bonds is 5. The number of carboxylic acid groups (broad SMARTS) is 1. The van der Waals surface area contributed by atoms with Gasteiger partial charge in [0, 0.05) is 18.2 Å². The highest BCUT2D eigenvalue weighted by atomic mass is 32.2. The Morgan fingerprint density at radius 1 is 1.20 bits per heavy atom. The molecule has 6 nitrogen and oxygen atoms in total. The van der Waals surface area contributed by atoms with E-state index in [-0.39, 0.29) is 28.2 Å². The van der Waals surface area contributed by atoms with Crippen molar-refractivity contribution in [2.24, 2.45) is 0 Å². The zero-order valence-electron chi connectivity index (χ0n) is 13.0. The van der Waals surface area contributed by atoms with E-state index in [9.17, 15) is 14.4 Å². The highest BCUT2D eigenvalue weighted by molar-refractivity contribution is 8.18. The third kappa shape index (κ3) is 3.41. The minimum atomic E-state index is -0.998. The lowest BCUT2D eigenvalue weighted by atomic mass is 10.1. The van der Waals surface area contributed by atoms with Crippen LogP contribution in [0.3, 0.4) is 0 Å². The molecule has 0 atom stereocenters. The molecular formula is C18H13NO5S. The van der Waals surface area contributed by atoms with Crippen molar-refractivity contribution in [2.75, 3.05) is 6.54 Å².